The molecule has 5 heteroatoms. The van der Waals surface area contributed by atoms with Gasteiger partial charge in [-0.05, 0) is 49.8 Å². The zero-order valence-electron chi connectivity index (χ0n) is 12.2. The molecule has 0 radical (unpaired) electrons. The lowest BCUT2D eigenvalue weighted by molar-refractivity contribution is 0.405. The van der Waals surface area contributed by atoms with Gasteiger partial charge in [0.15, 0.2) is 0 Å². The predicted octanol–water partition coefficient (Wildman–Crippen LogP) is 2.10. The van der Waals surface area contributed by atoms with Gasteiger partial charge < -0.3 is 5.73 Å². The number of aryl methyl sites for hydroxylation is 2. The molecule has 1 unspecified atom stereocenters. The Kier molecular flexibility index (Phi) is 4.83. The van der Waals surface area contributed by atoms with Crippen LogP contribution in [-0.4, -0.2) is 21.0 Å². The number of rotatable bonds is 5. The highest BCUT2D eigenvalue weighted by Crippen LogP contribution is 2.28. The summed E-state index contributed by atoms with van der Waals surface area (Å²) < 4.78 is 27.9. The highest BCUT2D eigenvalue weighted by Gasteiger charge is 2.28. The van der Waals surface area contributed by atoms with E-state index >= 15 is 0 Å². The quantitative estimate of drug-likeness (QED) is 0.874. The Morgan fingerprint density at radius 1 is 1.30 bits per heavy atom. The predicted molar refractivity (Wildman–Crippen MR) is 81.0 cm³/mol. The van der Waals surface area contributed by atoms with Gasteiger partial charge in [-0.25, -0.2) is 13.1 Å². The van der Waals surface area contributed by atoms with E-state index in [0.29, 0.717) is 17.4 Å². The van der Waals surface area contributed by atoms with Crippen LogP contribution in [0.2, 0.25) is 0 Å². The fourth-order valence-corrected chi connectivity index (χ4v) is 4.60. The molecule has 3 N–H and O–H groups in total. The zero-order chi connectivity index (χ0) is 14.8. The molecule has 1 saturated carbocycles. The summed E-state index contributed by atoms with van der Waals surface area (Å²) in [5.41, 5.74) is 7.49. The summed E-state index contributed by atoms with van der Waals surface area (Å²) in [5, 5.41) is 0. The Hall–Kier alpha value is -0.910. The first-order valence-corrected chi connectivity index (χ1v) is 8.72. The zero-order valence-corrected chi connectivity index (χ0v) is 13.0. The van der Waals surface area contributed by atoms with Crippen molar-refractivity contribution in [1.29, 1.82) is 0 Å². The lowest BCUT2D eigenvalue weighted by Gasteiger charge is -2.23. The van der Waals surface area contributed by atoms with Gasteiger partial charge in [-0.3, -0.25) is 0 Å². The molecule has 2 rings (SSSR count). The van der Waals surface area contributed by atoms with Crippen LogP contribution in [0.15, 0.2) is 23.1 Å². The smallest absolute Gasteiger partial charge is 0.241 e. The van der Waals surface area contributed by atoms with Crippen molar-refractivity contribution in [3.05, 3.63) is 29.3 Å². The highest BCUT2D eigenvalue weighted by molar-refractivity contribution is 7.89. The molecule has 1 aromatic carbocycles. The molecule has 0 saturated heterocycles. The third-order valence-corrected chi connectivity index (χ3v) is 5.79. The van der Waals surface area contributed by atoms with Crippen LogP contribution in [0.5, 0.6) is 0 Å². The molecule has 0 amide bonds. The van der Waals surface area contributed by atoms with Crippen LogP contribution in [0.4, 0.5) is 0 Å². The van der Waals surface area contributed by atoms with Crippen molar-refractivity contribution in [1.82, 2.24) is 4.72 Å². The van der Waals surface area contributed by atoms with E-state index < -0.39 is 10.0 Å². The van der Waals surface area contributed by atoms with E-state index in [9.17, 15) is 8.42 Å². The van der Waals surface area contributed by atoms with Gasteiger partial charge in [-0.1, -0.05) is 25.0 Å². The minimum absolute atomic E-state index is 0.151. The van der Waals surface area contributed by atoms with Crippen LogP contribution >= 0.6 is 0 Å². The van der Waals surface area contributed by atoms with Crippen LogP contribution in [0.25, 0.3) is 0 Å². The van der Waals surface area contributed by atoms with E-state index in [-0.39, 0.29) is 6.04 Å². The molecule has 0 bridgehead atoms. The van der Waals surface area contributed by atoms with E-state index in [2.05, 4.69) is 4.72 Å². The third kappa shape index (κ3) is 3.40. The maximum absolute atomic E-state index is 12.6. The first kappa shape index (κ1) is 15.5. The topological polar surface area (TPSA) is 72.2 Å². The first-order valence-electron chi connectivity index (χ1n) is 7.23. The third-order valence-electron chi connectivity index (χ3n) is 4.16. The molecule has 1 fully saturated rings. The standard InChI is InChI=1S/C15H24N2O2S/c1-11-7-8-12(2)15(9-11)20(18,19)17-14(10-16)13-5-3-4-6-13/h7-9,13-14,17H,3-6,10,16H2,1-2H3. The number of hydrogen-bond acceptors (Lipinski definition) is 3. The van der Waals surface area contributed by atoms with Gasteiger partial charge >= 0.3 is 0 Å². The average Bonchev–Trinajstić information content (AvgIpc) is 2.92. The summed E-state index contributed by atoms with van der Waals surface area (Å²) in [7, 11) is -3.49. The van der Waals surface area contributed by atoms with Crippen molar-refractivity contribution in [2.24, 2.45) is 11.7 Å². The van der Waals surface area contributed by atoms with Crippen molar-refractivity contribution in [3.8, 4) is 0 Å². The lowest BCUT2D eigenvalue weighted by Crippen LogP contribution is -2.44. The number of nitrogens with two attached hydrogens (primary N) is 1. The summed E-state index contributed by atoms with van der Waals surface area (Å²) in [4.78, 5) is 0.369. The van der Waals surface area contributed by atoms with Gasteiger partial charge in [0.05, 0.1) is 4.90 Å². The van der Waals surface area contributed by atoms with E-state index in [0.717, 1.165) is 24.0 Å². The summed E-state index contributed by atoms with van der Waals surface area (Å²) in [6.07, 6.45) is 4.48. The van der Waals surface area contributed by atoms with Crippen molar-refractivity contribution < 1.29 is 8.42 Å². The van der Waals surface area contributed by atoms with Crippen molar-refractivity contribution in [2.45, 2.75) is 50.5 Å². The van der Waals surface area contributed by atoms with E-state index in [1.807, 2.05) is 26.0 Å². The van der Waals surface area contributed by atoms with Crippen LogP contribution in [0.3, 0.4) is 0 Å². The van der Waals surface area contributed by atoms with Crippen molar-refractivity contribution >= 4 is 10.0 Å². The molecular formula is C15H24N2O2S. The molecule has 0 aliphatic heterocycles. The molecule has 112 valence electrons. The Balaban J connectivity index is 2.23. The normalized spacial score (nSPS) is 18.4. The molecule has 1 atom stereocenters. The highest BCUT2D eigenvalue weighted by atomic mass is 32.2. The lowest BCUT2D eigenvalue weighted by atomic mass is 9.99. The first-order chi connectivity index (χ1) is 9.44. The largest absolute Gasteiger partial charge is 0.329 e. The molecule has 0 heterocycles. The second kappa shape index (κ2) is 6.24. The average molecular weight is 296 g/mol. The molecule has 1 aliphatic carbocycles. The summed E-state index contributed by atoms with van der Waals surface area (Å²) in [6, 6.07) is 5.34. The minimum atomic E-state index is -3.49. The monoisotopic (exact) mass is 296 g/mol. The van der Waals surface area contributed by atoms with Gasteiger partial charge in [0.1, 0.15) is 0 Å². The van der Waals surface area contributed by atoms with Crippen LogP contribution < -0.4 is 10.5 Å². The van der Waals surface area contributed by atoms with Crippen LogP contribution in [-0.2, 0) is 10.0 Å². The fraction of sp³-hybridized carbons (Fsp3) is 0.600. The summed E-state index contributed by atoms with van der Waals surface area (Å²) in [5.74, 6) is 0.375. The van der Waals surface area contributed by atoms with Crippen LogP contribution in [0.1, 0.15) is 36.8 Å². The number of hydrogen-bond donors (Lipinski definition) is 2. The SMILES string of the molecule is Cc1ccc(C)c(S(=O)(=O)NC(CN)C2CCCC2)c1. The second-order valence-electron chi connectivity index (χ2n) is 5.78. The fourth-order valence-electron chi connectivity index (χ4n) is 2.96. The van der Waals surface area contributed by atoms with Crippen molar-refractivity contribution in [3.63, 3.8) is 0 Å². The van der Waals surface area contributed by atoms with Crippen LogP contribution in [0, 0.1) is 19.8 Å². The van der Waals surface area contributed by atoms with Gasteiger partial charge in [-0.15, -0.1) is 0 Å². The Labute approximate surface area is 121 Å². The van der Waals surface area contributed by atoms with Gasteiger partial charge in [0.2, 0.25) is 10.0 Å². The number of sulfonamides is 1. The molecule has 0 spiro atoms. The minimum Gasteiger partial charge on any atom is -0.329 e. The molecule has 0 aromatic heterocycles. The van der Waals surface area contributed by atoms with E-state index in [1.165, 1.54) is 12.8 Å². The number of nitrogens with one attached hydrogen (secondary N) is 1. The van der Waals surface area contributed by atoms with Crippen molar-refractivity contribution in [2.75, 3.05) is 6.54 Å². The molecular weight excluding hydrogens is 272 g/mol. The molecule has 1 aromatic rings. The van der Waals surface area contributed by atoms with Gasteiger partial charge in [0.25, 0.3) is 0 Å². The second-order valence-corrected chi connectivity index (χ2v) is 7.46. The number of benzene rings is 1. The maximum Gasteiger partial charge on any atom is 0.241 e. The Morgan fingerprint density at radius 2 is 1.95 bits per heavy atom. The molecule has 20 heavy (non-hydrogen) atoms. The van der Waals surface area contributed by atoms with E-state index in [4.69, 9.17) is 5.73 Å². The Morgan fingerprint density at radius 3 is 2.55 bits per heavy atom. The van der Waals surface area contributed by atoms with E-state index in [1.54, 1.807) is 6.07 Å². The molecule has 1 aliphatic rings. The maximum atomic E-state index is 12.6. The van der Waals surface area contributed by atoms with Gasteiger partial charge in [0, 0.05) is 12.6 Å². The molecule has 4 nitrogen and oxygen atoms in total. The summed E-state index contributed by atoms with van der Waals surface area (Å²) >= 11 is 0. The Bertz CT molecular complexity index is 563. The van der Waals surface area contributed by atoms with Gasteiger partial charge in [-0.2, -0.15) is 0 Å². The summed E-state index contributed by atoms with van der Waals surface area (Å²) in [6.45, 7) is 4.08.